The van der Waals surface area contributed by atoms with Crippen LogP contribution in [0.15, 0.2) is 40.9 Å². The summed E-state index contributed by atoms with van der Waals surface area (Å²) in [5, 5.41) is 15.6. The summed E-state index contributed by atoms with van der Waals surface area (Å²) in [4.78, 5) is 16.2. The highest BCUT2D eigenvalue weighted by molar-refractivity contribution is 8.01. The summed E-state index contributed by atoms with van der Waals surface area (Å²) in [6, 6.07) is 10.0. The van der Waals surface area contributed by atoms with E-state index in [0.29, 0.717) is 37.4 Å². The standard InChI is InChI=1S/C17H15Cl2N5OS2/c1-10-12(18)8-20-15(14(10)19)22-13(25)9-26-17-24-23-16(27-17)21-7-11-5-3-2-4-6-11/h2-6,8H,7,9H2,1H3,(H,21,23)(H,20,22,25). The second kappa shape index (κ2) is 9.36. The SMILES string of the molecule is Cc1c(Cl)cnc(NC(=O)CSc2nnc(NCc3ccccc3)s2)c1Cl. The summed E-state index contributed by atoms with van der Waals surface area (Å²) < 4.78 is 0.701. The molecule has 2 heterocycles. The van der Waals surface area contributed by atoms with Crippen LogP contribution in [0.2, 0.25) is 10.0 Å². The zero-order valence-electron chi connectivity index (χ0n) is 14.2. The van der Waals surface area contributed by atoms with Gasteiger partial charge in [-0.2, -0.15) is 0 Å². The molecular weight excluding hydrogens is 425 g/mol. The van der Waals surface area contributed by atoms with Crippen molar-refractivity contribution in [2.24, 2.45) is 0 Å². The molecule has 0 saturated heterocycles. The third kappa shape index (κ3) is 5.55. The average molecular weight is 440 g/mol. The summed E-state index contributed by atoms with van der Waals surface area (Å²) in [5.41, 5.74) is 1.83. The minimum Gasteiger partial charge on any atom is -0.356 e. The second-order valence-corrected chi connectivity index (χ2v) is 8.43. The molecule has 3 rings (SSSR count). The molecule has 0 fully saturated rings. The fourth-order valence-electron chi connectivity index (χ4n) is 2.05. The van der Waals surface area contributed by atoms with E-state index < -0.39 is 0 Å². The van der Waals surface area contributed by atoms with Gasteiger partial charge >= 0.3 is 0 Å². The minimum atomic E-state index is -0.231. The Kier molecular flexibility index (Phi) is 6.89. The number of aromatic nitrogens is 3. The molecule has 2 aromatic heterocycles. The van der Waals surface area contributed by atoms with Crippen LogP contribution < -0.4 is 10.6 Å². The molecule has 27 heavy (non-hydrogen) atoms. The predicted molar refractivity (Wildman–Crippen MR) is 112 cm³/mol. The van der Waals surface area contributed by atoms with Crippen molar-refractivity contribution >= 4 is 63.2 Å². The minimum absolute atomic E-state index is 0.174. The van der Waals surface area contributed by atoms with Gasteiger partial charge in [-0.3, -0.25) is 4.79 Å². The van der Waals surface area contributed by atoms with Gasteiger partial charge in [-0.05, 0) is 18.1 Å². The first-order chi connectivity index (χ1) is 13.0. The van der Waals surface area contributed by atoms with E-state index in [9.17, 15) is 4.79 Å². The molecule has 140 valence electrons. The van der Waals surface area contributed by atoms with E-state index in [0.717, 1.165) is 5.56 Å². The molecule has 1 amide bonds. The lowest BCUT2D eigenvalue weighted by molar-refractivity contribution is -0.113. The summed E-state index contributed by atoms with van der Waals surface area (Å²) in [6.45, 7) is 2.43. The van der Waals surface area contributed by atoms with E-state index in [1.807, 2.05) is 30.3 Å². The summed E-state index contributed by atoms with van der Waals surface area (Å²) in [5.74, 6) is 0.240. The molecular formula is C17H15Cl2N5OS2. The number of carbonyl (C=O) groups excluding carboxylic acids is 1. The third-order valence-corrected chi connectivity index (χ3v) is 6.34. The number of nitrogens with zero attached hydrogens (tertiary/aromatic N) is 3. The van der Waals surface area contributed by atoms with Crippen LogP contribution in [0.5, 0.6) is 0 Å². The Morgan fingerprint density at radius 3 is 2.78 bits per heavy atom. The van der Waals surface area contributed by atoms with Crippen LogP contribution >= 0.6 is 46.3 Å². The number of pyridine rings is 1. The van der Waals surface area contributed by atoms with E-state index in [-0.39, 0.29) is 11.7 Å². The van der Waals surface area contributed by atoms with Gasteiger partial charge in [0.25, 0.3) is 0 Å². The van der Waals surface area contributed by atoms with Crippen LogP contribution in [0, 0.1) is 6.92 Å². The van der Waals surface area contributed by atoms with Crippen LogP contribution in [-0.4, -0.2) is 26.8 Å². The molecule has 0 unspecified atom stereocenters. The lowest BCUT2D eigenvalue weighted by Gasteiger charge is -2.08. The molecule has 3 aromatic rings. The summed E-state index contributed by atoms with van der Waals surface area (Å²) in [7, 11) is 0. The molecule has 10 heteroatoms. The first-order valence-electron chi connectivity index (χ1n) is 7.87. The Bertz CT molecular complexity index is 936. The van der Waals surface area contributed by atoms with Crippen molar-refractivity contribution < 1.29 is 4.79 Å². The normalized spacial score (nSPS) is 10.6. The molecule has 0 radical (unpaired) electrons. The van der Waals surface area contributed by atoms with Gasteiger partial charge < -0.3 is 10.6 Å². The predicted octanol–water partition coefficient (Wildman–Crippen LogP) is 4.89. The highest BCUT2D eigenvalue weighted by atomic mass is 35.5. The Morgan fingerprint density at radius 2 is 2.00 bits per heavy atom. The Labute approximate surface area is 174 Å². The fraction of sp³-hybridized carbons (Fsp3) is 0.176. The van der Waals surface area contributed by atoms with Crippen LogP contribution in [-0.2, 0) is 11.3 Å². The van der Waals surface area contributed by atoms with E-state index in [2.05, 4.69) is 25.8 Å². The van der Waals surface area contributed by atoms with E-state index in [4.69, 9.17) is 23.2 Å². The summed E-state index contributed by atoms with van der Waals surface area (Å²) >= 11 is 14.8. The monoisotopic (exact) mass is 439 g/mol. The second-order valence-electron chi connectivity index (χ2n) is 5.44. The first-order valence-corrected chi connectivity index (χ1v) is 10.4. The third-order valence-electron chi connectivity index (χ3n) is 3.48. The number of halogens is 2. The molecule has 6 nitrogen and oxygen atoms in total. The molecule has 2 N–H and O–H groups in total. The van der Waals surface area contributed by atoms with Gasteiger partial charge in [-0.15, -0.1) is 10.2 Å². The van der Waals surface area contributed by atoms with E-state index in [1.165, 1.54) is 29.3 Å². The van der Waals surface area contributed by atoms with Gasteiger partial charge in [0.1, 0.15) is 0 Å². The number of hydrogen-bond donors (Lipinski definition) is 2. The Hall–Kier alpha value is -1.87. The van der Waals surface area contributed by atoms with Gasteiger partial charge in [0.15, 0.2) is 10.2 Å². The highest BCUT2D eigenvalue weighted by Crippen LogP contribution is 2.29. The quantitative estimate of drug-likeness (QED) is 0.510. The fourth-order valence-corrected chi connectivity index (χ4v) is 3.99. The lowest BCUT2D eigenvalue weighted by atomic mass is 10.2. The largest absolute Gasteiger partial charge is 0.356 e. The van der Waals surface area contributed by atoms with Crippen molar-refractivity contribution in [2.75, 3.05) is 16.4 Å². The van der Waals surface area contributed by atoms with Crippen molar-refractivity contribution in [1.82, 2.24) is 15.2 Å². The highest BCUT2D eigenvalue weighted by Gasteiger charge is 2.13. The van der Waals surface area contributed by atoms with Crippen molar-refractivity contribution in [3.8, 4) is 0 Å². The van der Waals surface area contributed by atoms with Gasteiger partial charge in [-0.1, -0.05) is 76.6 Å². The van der Waals surface area contributed by atoms with Crippen LogP contribution in [0.25, 0.3) is 0 Å². The molecule has 1 aromatic carbocycles. The molecule has 0 spiro atoms. The van der Waals surface area contributed by atoms with Crippen molar-refractivity contribution in [2.45, 2.75) is 17.8 Å². The first kappa shape index (κ1) is 19.9. The molecule has 0 aliphatic rings. The zero-order valence-corrected chi connectivity index (χ0v) is 17.3. The van der Waals surface area contributed by atoms with Crippen LogP contribution in [0.4, 0.5) is 10.9 Å². The topological polar surface area (TPSA) is 79.8 Å². The average Bonchev–Trinajstić information content (AvgIpc) is 3.14. The molecule has 0 aliphatic carbocycles. The molecule has 0 atom stereocenters. The number of benzene rings is 1. The molecule has 0 bridgehead atoms. The molecule has 0 saturated carbocycles. The van der Waals surface area contributed by atoms with Gasteiger partial charge in [0.2, 0.25) is 11.0 Å². The van der Waals surface area contributed by atoms with Crippen molar-refractivity contribution in [1.29, 1.82) is 0 Å². The molecule has 0 aliphatic heterocycles. The number of amides is 1. The van der Waals surface area contributed by atoms with Crippen molar-refractivity contribution in [3.63, 3.8) is 0 Å². The smallest absolute Gasteiger partial charge is 0.236 e. The van der Waals surface area contributed by atoms with Crippen LogP contribution in [0.3, 0.4) is 0 Å². The number of rotatable bonds is 7. The maximum absolute atomic E-state index is 12.1. The zero-order chi connectivity index (χ0) is 19.2. The number of thioether (sulfide) groups is 1. The number of anilines is 2. The number of carbonyl (C=O) groups is 1. The lowest BCUT2D eigenvalue weighted by Crippen LogP contribution is -2.15. The summed E-state index contributed by atoms with van der Waals surface area (Å²) in [6.07, 6.45) is 1.46. The number of nitrogens with one attached hydrogen (secondary N) is 2. The number of hydrogen-bond acceptors (Lipinski definition) is 7. The van der Waals surface area contributed by atoms with Gasteiger partial charge in [0.05, 0.1) is 15.8 Å². The van der Waals surface area contributed by atoms with E-state index >= 15 is 0 Å². The maximum Gasteiger partial charge on any atom is 0.236 e. The van der Waals surface area contributed by atoms with Crippen LogP contribution in [0.1, 0.15) is 11.1 Å². The van der Waals surface area contributed by atoms with Gasteiger partial charge in [-0.25, -0.2) is 4.98 Å². The maximum atomic E-state index is 12.1. The Morgan fingerprint density at radius 1 is 1.22 bits per heavy atom. The van der Waals surface area contributed by atoms with Gasteiger partial charge in [0, 0.05) is 12.7 Å². The van der Waals surface area contributed by atoms with E-state index in [1.54, 1.807) is 6.92 Å². The van der Waals surface area contributed by atoms with Crippen molar-refractivity contribution in [3.05, 3.63) is 57.7 Å². The Balaban J connectivity index is 1.49.